The SMILES string of the molecule is CC=C[SiH2]C(c1ccccc1)(c1ccccc1)n1ccnc1. The Labute approximate surface area is 134 Å². The fourth-order valence-corrected chi connectivity index (χ4v) is 4.92. The molecule has 0 atom stereocenters. The van der Waals surface area contributed by atoms with Gasteiger partial charge in [-0.25, -0.2) is 4.98 Å². The summed E-state index contributed by atoms with van der Waals surface area (Å²) in [6.07, 6.45) is 8.06. The largest absolute Gasteiger partial charge is 0.326 e. The van der Waals surface area contributed by atoms with Crippen molar-refractivity contribution >= 4 is 9.52 Å². The molecule has 2 nitrogen and oxygen atoms in total. The molecule has 0 saturated heterocycles. The van der Waals surface area contributed by atoms with E-state index in [1.165, 1.54) is 11.1 Å². The third-order valence-electron chi connectivity index (χ3n) is 4.10. The highest BCUT2D eigenvalue weighted by molar-refractivity contribution is 6.47. The Balaban J connectivity index is 2.28. The second-order valence-corrected chi connectivity index (χ2v) is 7.24. The van der Waals surface area contributed by atoms with Crippen molar-refractivity contribution in [1.82, 2.24) is 9.55 Å². The van der Waals surface area contributed by atoms with Crippen LogP contribution < -0.4 is 0 Å². The molecule has 1 aromatic heterocycles. The van der Waals surface area contributed by atoms with Gasteiger partial charge < -0.3 is 4.57 Å². The molecule has 0 N–H and O–H groups in total. The maximum Gasteiger partial charge on any atom is 0.0954 e. The number of nitrogens with zero attached hydrogens (tertiary/aromatic N) is 2. The molecule has 2 aromatic carbocycles. The van der Waals surface area contributed by atoms with Crippen LogP contribution in [0.3, 0.4) is 0 Å². The van der Waals surface area contributed by atoms with Crippen molar-refractivity contribution in [2.24, 2.45) is 0 Å². The van der Waals surface area contributed by atoms with Gasteiger partial charge in [0, 0.05) is 12.4 Å². The van der Waals surface area contributed by atoms with Gasteiger partial charge in [-0.1, -0.05) is 66.7 Å². The van der Waals surface area contributed by atoms with Crippen LogP contribution in [0.5, 0.6) is 0 Å². The summed E-state index contributed by atoms with van der Waals surface area (Å²) in [5.74, 6) is 0. The molecule has 0 aliphatic heterocycles. The van der Waals surface area contributed by atoms with Gasteiger partial charge in [-0.05, 0) is 18.1 Å². The topological polar surface area (TPSA) is 17.8 Å². The number of hydrogen-bond acceptors (Lipinski definition) is 1. The summed E-state index contributed by atoms with van der Waals surface area (Å²) in [4.78, 5) is 4.31. The van der Waals surface area contributed by atoms with Gasteiger partial charge in [0.1, 0.15) is 0 Å². The van der Waals surface area contributed by atoms with E-state index in [0.29, 0.717) is 0 Å². The maximum atomic E-state index is 4.31. The molecule has 0 amide bonds. The highest BCUT2D eigenvalue weighted by atomic mass is 28.2. The molecule has 22 heavy (non-hydrogen) atoms. The minimum atomic E-state index is -0.605. The Morgan fingerprint density at radius 3 is 2.00 bits per heavy atom. The van der Waals surface area contributed by atoms with Gasteiger partial charge in [0.2, 0.25) is 0 Å². The second-order valence-electron chi connectivity index (χ2n) is 5.34. The van der Waals surface area contributed by atoms with Crippen LogP contribution in [-0.4, -0.2) is 19.1 Å². The van der Waals surface area contributed by atoms with Crippen LogP contribution in [0.15, 0.2) is 91.2 Å². The lowest BCUT2D eigenvalue weighted by atomic mass is 9.97. The van der Waals surface area contributed by atoms with Crippen molar-refractivity contribution in [3.8, 4) is 0 Å². The molecule has 1 heterocycles. The van der Waals surface area contributed by atoms with Crippen molar-refractivity contribution in [3.63, 3.8) is 0 Å². The van der Waals surface area contributed by atoms with Crippen LogP contribution in [0, 0.1) is 0 Å². The van der Waals surface area contributed by atoms with Crippen LogP contribution in [-0.2, 0) is 5.16 Å². The molecule has 0 unspecified atom stereocenters. The molecule has 3 aromatic rings. The average molecular weight is 304 g/mol. The molecule has 0 aliphatic carbocycles. The van der Waals surface area contributed by atoms with Gasteiger partial charge in [-0.15, -0.1) is 5.70 Å². The molecular weight excluding hydrogens is 284 g/mol. The number of imidazole rings is 1. The van der Waals surface area contributed by atoms with Crippen LogP contribution in [0.2, 0.25) is 0 Å². The smallest absolute Gasteiger partial charge is 0.0954 e. The summed E-state index contributed by atoms with van der Waals surface area (Å²) in [5.41, 5.74) is 5.01. The van der Waals surface area contributed by atoms with Crippen LogP contribution in [0.1, 0.15) is 18.1 Å². The average Bonchev–Trinajstić information content (AvgIpc) is 3.13. The predicted molar refractivity (Wildman–Crippen MR) is 94.6 cm³/mol. The number of rotatable bonds is 5. The van der Waals surface area contributed by atoms with Crippen molar-refractivity contribution in [2.45, 2.75) is 12.1 Å². The molecule has 0 radical (unpaired) electrons. The van der Waals surface area contributed by atoms with Crippen molar-refractivity contribution in [1.29, 1.82) is 0 Å². The van der Waals surface area contributed by atoms with Gasteiger partial charge >= 0.3 is 0 Å². The third-order valence-corrected chi connectivity index (χ3v) is 6.58. The fraction of sp³-hybridized carbons (Fsp3) is 0.105. The second kappa shape index (κ2) is 6.58. The number of hydrogen-bond donors (Lipinski definition) is 0. The zero-order valence-corrected chi connectivity index (χ0v) is 14.2. The van der Waals surface area contributed by atoms with E-state index in [9.17, 15) is 0 Å². The normalized spacial score (nSPS) is 12.4. The molecule has 3 heteroatoms. The predicted octanol–water partition coefficient (Wildman–Crippen LogP) is 3.33. The van der Waals surface area contributed by atoms with E-state index in [0.717, 1.165) is 0 Å². The van der Waals surface area contributed by atoms with Crippen molar-refractivity contribution in [3.05, 3.63) is 102 Å². The molecular formula is C19H20N2Si. The maximum absolute atomic E-state index is 4.31. The highest BCUT2D eigenvalue weighted by Gasteiger charge is 2.34. The van der Waals surface area contributed by atoms with Gasteiger partial charge in [0.15, 0.2) is 0 Å². The zero-order chi connectivity index (χ0) is 15.3. The van der Waals surface area contributed by atoms with Crippen LogP contribution in [0.4, 0.5) is 0 Å². The minimum absolute atomic E-state index is 0.133. The molecule has 3 rings (SSSR count). The van der Waals surface area contributed by atoms with Crippen LogP contribution >= 0.6 is 0 Å². The minimum Gasteiger partial charge on any atom is -0.326 e. The Hall–Kier alpha value is -2.39. The molecule has 0 spiro atoms. The quantitative estimate of drug-likeness (QED) is 0.661. The molecule has 0 saturated carbocycles. The van der Waals surface area contributed by atoms with Gasteiger partial charge in [0.25, 0.3) is 0 Å². The lowest BCUT2D eigenvalue weighted by molar-refractivity contribution is 0.596. The van der Waals surface area contributed by atoms with Gasteiger partial charge in [0.05, 0.1) is 21.0 Å². The number of allylic oxidation sites excluding steroid dienone is 1. The standard InChI is InChI=1S/C19H20N2Si/c1-2-15-22-19(21-14-13-20-16-21,17-9-5-3-6-10-17)18-11-7-4-8-12-18/h2-16H,22H2,1H3. The van der Waals surface area contributed by atoms with E-state index < -0.39 is 9.52 Å². The Morgan fingerprint density at radius 2 is 1.55 bits per heavy atom. The first kappa shape index (κ1) is 14.5. The van der Waals surface area contributed by atoms with Gasteiger partial charge in [-0.2, -0.15) is 0 Å². The summed E-state index contributed by atoms with van der Waals surface area (Å²) >= 11 is 0. The summed E-state index contributed by atoms with van der Waals surface area (Å²) < 4.78 is 2.27. The highest BCUT2D eigenvalue weighted by Crippen LogP contribution is 2.33. The Morgan fingerprint density at radius 1 is 0.955 bits per heavy atom. The summed E-state index contributed by atoms with van der Waals surface area (Å²) in [5, 5.41) is -0.133. The summed E-state index contributed by atoms with van der Waals surface area (Å²) in [7, 11) is -0.605. The first-order valence-electron chi connectivity index (χ1n) is 7.58. The number of benzene rings is 2. The van der Waals surface area contributed by atoms with E-state index in [-0.39, 0.29) is 5.16 Å². The Kier molecular flexibility index (Phi) is 4.35. The lowest BCUT2D eigenvalue weighted by Gasteiger charge is -2.36. The Bertz CT molecular complexity index is 679. The molecule has 0 aliphatic rings. The van der Waals surface area contributed by atoms with E-state index in [1.54, 1.807) is 0 Å². The van der Waals surface area contributed by atoms with Gasteiger partial charge in [-0.3, -0.25) is 0 Å². The first-order chi connectivity index (χ1) is 10.9. The summed E-state index contributed by atoms with van der Waals surface area (Å²) in [6.45, 7) is 2.10. The van der Waals surface area contributed by atoms with Crippen molar-refractivity contribution in [2.75, 3.05) is 0 Å². The van der Waals surface area contributed by atoms with Crippen molar-refractivity contribution < 1.29 is 0 Å². The molecule has 110 valence electrons. The first-order valence-corrected chi connectivity index (χ1v) is 9.11. The molecule has 0 fully saturated rings. The zero-order valence-electron chi connectivity index (χ0n) is 12.8. The van der Waals surface area contributed by atoms with E-state index in [2.05, 4.69) is 95.1 Å². The number of aromatic nitrogens is 2. The summed E-state index contributed by atoms with van der Waals surface area (Å²) in [6, 6.07) is 21.5. The third kappa shape index (κ3) is 2.55. The van der Waals surface area contributed by atoms with E-state index >= 15 is 0 Å². The molecule has 0 bridgehead atoms. The van der Waals surface area contributed by atoms with E-state index in [1.807, 2.05) is 12.5 Å². The van der Waals surface area contributed by atoms with E-state index in [4.69, 9.17) is 0 Å². The van der Waals surface area contributed by atoms with Crippen LogP contribution in [0.25, 0.3) is 0 Å². The lowest BCUT2D eigenvalue weighted by Crippen LogP contribution is -2.41. The fourth-order valence-electron chi connectivity index (χ4n) is 3.01. The monoisotopic (exact) mass is 304 g/mol.